The Kier molecular flexibility index (Phi) is 5.47. The zero-order chi connectivity index (χ0) is 14.5. The molecule has 0 bridgehead atoms. The molecule has 112 valence electrons. The van der Waals surface area contributed by atoms with E-state index in [4.69, 9.17) is 5.73 Å². The molecule has 1 aliphatic rings. The molecule has 0 radical (unpaired) electrons. The van der Waals surface area contributed by atoms with E-state index >= 15 is 0 Å². The summed E-state index contributed by atoms with van der Waals surface area (Å²) in [5, 5.41) is 0. The maximum absolute atomic E-state index is 6.29. The summed E-state index contributed by atoms with van der Waals surface area (Å²) in [5.41, 5.74) is 8.97. The lowest BCUT2D eigenvalue weighted by Gasteiger charge is -2.27. The first-order valence-electron chi connectivity index (χ1n) is 8.23. The van der Waals surface area contributed by atoms with Crippen molar-refractivity contribution in [2.45, 2.75) is 52.5 Å². The van der Waals surface area contributed by atoms with Crippen LogP contribution in [-0.4, -0.2) is 13.1 Å². The van der Waals surface area contributed by atoms with Gasteiger partial charge in [-0.15, -0.1) is 0 Å². The van der Waals surface area contributed by atoms with Crippen LogP contribution in [0, 0.1) is 11.8 Å². The fourth-order valence-electron chi connectivity index (χ4n) is 3.34. The molecule has 1 heterocycles. The molecule has 2 nitrogen and oxygen atoms in total. The topological polar surface area (TPSA) is 29.3 Å². The number of rotatable bonds is 4. The van der Waals surface area contributed by atoms with E-state index in [9.17, 15) is 0 Å². The number of nitrogens with two attached hydrogens (primary N) is 1. The van der Waals surface area contributed by atoms with Crippen molar-refractivity contribution in [3.8, 4) is 0 Å². The summed E-state index contributed by atoms with van der Waals surface area (Å²) in [6.07, 6.45) is 4.99. The molecule has 1 aromatic rings. The van der Waals surface area contributed by atoms with Crippen LogP contribution in [0.2, 0.25) is 0 Å². The molecule has 2 atom stereocenters. The molecule has 1 saturated heterocycles. The minimum Gasteiger partial charge on any atom is -0.371 e. The van der Waals surface area contributed by atoms with Crippen LogP contribution in [0.15, 0.2) is 24.3 Å². The van der Waals surface area contributed by atoms with Crippen molar-refractivity contribution in [3.63, 3.8) is 0 Å². The Labute approximate surface area is 124 Å². The van der Waals surface area contributed by atoms with Gasteiger partial charge in [-0.2, -0.15) is 0 Å². The molecular weight excluding hydrogens is 244 g/mol. The van der Waals surface area contributed by atoms with Gasteiger partial charge in [0.05, 0.1) is 0 Å². The summed E-state index contributed by atoms with van der Waals surface area (Å²) in [6.45, 7) is 9.24. The highest BCUT2D eigenvalue weighted by atomic mass is 15.1. The van der Waals surface area contributed by atoms with Gasteiger partial charge in [-0.05, 0) is 49.1 Å². The molecule has 2 N–H and O–H groups in total. The second kappa shape index (κ2) is 7.12. The minimum absolute atomic E-state index is 0.162. The number of benzene rings is 1. The summed E-state index contributed by atoms with van der Waals surface area (Å²) in [5.74, 6) is 1.69. The fraction of sp³-hybridized carbons (Fsp3) is 0.667. The molecule has 1 aliphatic heterocycles. The molecule has 0 amide bonds. The van der Waals surface area contributed by atoms with E-state index in [1.54, 1.807) is 0 Å². The Hall–Kier alpha value is -1.02. The number of hydrogen-bond acceptors (Lipinski definition) is 2. The van der Waals surface area contributed by atoms with Crippen molar-refractivity contribution < 1.29 is 0 Å². The lowest BCUT2D eigenvalue weighted by Crippen LogP contribution is -2.27. The minimum atomic E-state index is 0.162. The van der Waals surface area contributed by atoms with Crippen molar-refractivity contribution >= 4 is 5.69 Å². The average molecular weight is 274 g/mol. The van der Waals surface area contributed by atoms with Crippen molar-refractivity contribution in [2.75, 3.05) is 18.0 Å². The van der Waals surface area contributed by atoms with Gasteiger partial charge in [0, 0.05) is 24.8 Å². The molecule has 2 heteroatoms. The first-order valence-corrected chi connectivity index (χ1v) is 8.23. The largest absolute Gasteiger partial charge is 0.371 e. The van der Waals surface area contributed by atoms with E-state index < -0.39 is 0 Å². The summed E-state index contributed by atoms with van der Waals surface area (Å²) in [6, 6.07) is 8.87. The predicted octanol–water partition coefficient (Wildman–Crippen LogP) is 4.36. The molecule has 2 rings (SSSR count). The highest BCUT2D eigenvalue weighted by Gasteiger charge is 2.21. The zero-order valence-corrected chi connectivity index (χ0v) is 13.3. The molecule has 1 fully saturated rings. The van der Waals surface area contributed by atoms with E-state index in [0.29, 0.717) is 0 Å². The number of anilines is 1. The standard InChI is InChI=1S/C18H30N2/c1-4-17(19)16-9-5-6-10-18(16)20-12-7-8-15(11-13-20)14(2)3/h5-6,9-10,14-15,17H,4,7-8,11-13,19H2,1-3H3. The number of para-hydroxylation sites is 1. The first-order chi connectivity index (χ1) is 9.63. The van der Waals surface area contributed by atoms with Crippen LogP contribution >= 0.6 is 0 Å². The molecule has 2 unspecified atom stereocenters. The van der Waals surface area contributed by atoms with Gasteiger partial charge in [-0.25, -0.2) is 0 Å². The second-order valence-corrected chi connectivity index (χ2v) is 6.50. The smallest absolute Gasteiger partial charge is 0.0414 e. The normalized spacial score (nSPS) is 21.9. The summed E-state index contributed by atoms with van der Waals surface area (Å²) < 4.78 is 0. The first kappa shape index (κ1) is 15.4. The SMILES string of the molecule is CCC(N)c1ccccc1N1CCCC(C(C)C)CC1. The van der Waals surface area contributed by atoms with Crippen LogP contribution in [0.3, 0.4) is 0 Å². The second-order valence-electron chi connectivity index (χ2n) is 6.50. The number of hydrogen-bond donors (Lipinski definition) is 1. The molecule has 1 aromatic carbocycles. The van der Waals surface area contributed by atoms with Gasteiger partial charge < -0.3 is 10.6 Å². The van der Waals surface area contributed by atoms with E-state index in [1.165, 1.54) is 43.6 Å². The Balaban J connectivity index is 2.15. The highest BCUT2D eigenvalue weighted by Crippen LogP contribution is 2.31. The Morgan fingerprint density at radius 2 is 1.95 bits per heavy atom. The van der Waals surface area contributed by atoms with Crippen molar-refractivity contribution in [1.82, 2.24) is 0 Å². The summed E-state index contributed by atoms with van der Waals surface area (Å²) >= 11 is 0. The Morgan fingerprint density at radius 1 is 1.20 bits per heavy atom. The van der Waals surface area contributed by atoms with Crippen LogP contribution in [0.1, 0.15) is 58.1 Å². The van der Waals surface area contributed by atoms with E-state index in [1.807, 2.05) is 0 Å². The lowest BCUT2D eigenvalue weighted by atomic mass is 9.89. The van der Waals surface area contributed by atoms with Crippen LogP contribution in [0.5, 0.6) is 0 Å². The molecule has 0 spiro atoms. The van der Waals surface area contributed by atoms with Crippen molar-refractivity contribution in [3.05, 3.63) is 29.8 Å². The summed E-state index contributed by atoms with van der Waals surface area (Å²) in [7, 11) is 0. The molecule has 0 saturated carbocycles. The van der Waals surface area contributed by atoms with Gasteiger partial charge in [0.2, 0.25) is 0 Å². The Morgan fingerprint density at radius 3 is 2.65 bits per heavy atom. The van der Waals surface area contributed by atoms with Gasteiger partial charge in [0.1, 0.15) is 0 Å². The maximum atomic E-state index is 6.29. The predicted molar refractivity (Wildman–Crippen MR) is 88.1 cm³/mol. The quantitative estimate of drug-likeness (QED) is 0.884. The molecule has 0 aliphatic carbocycles. The van der Waals surface area contributed by atoms with Crippen LogP contribution < -0.4 is 10.6 Å². The average Bonchev–Trinajstić information content (AvgIpc) is 2.72. The van der Waals surface area contributed by atoms with Gasteiger partial charge in [0.25, 0.3) is 0 Å². The molecule has 20 heavy (non-hydrogen) atoms. The van der Waals surface area contributed by atoms with E-state index in [2.05, 4.69) is 49.9 Å². The highest BCUT2D eigenvalue weighted by molar-refractivity contribution is 5.55. The summed E-state index contributed by atoms with van der Waals surface area (Å²) in [4.78, 5) is 2.56. The molecular formula is C18H30N2. The third-order valence-electron chi connectivity index (χ3n) is 4.83. The van der Waals surface area contributed by atoms with Gasteiger partial charge in [-0.3, -0.25) is 0 Å². The third-order valence-corrected chi connectivity index (χ3v) is 4.83. The molecule has 0 aromatic heterocycles. The zero-order valence-electron chi connectivity index (χ0n) is 13.3. The van der Waals surface area contributed by atoms with Crippen molar-refractivity contribution in [2.24, 2.45) is 17.6 Å². The maximum Gasteiger partial charge on any atom is 0.0414 e. The van der Waals surface area contributed by atoms with Gasteiger partial charge in [-0.1, -0.05) is 39.0 Å². The fourth-order valence-corrected chi connectivity index (χ4v) is 3.34. The monoisotopic (exact) mass is 274 g/mol. The van der Waals surface area contributed by atoms with E-state index in [0.717, 1.165) is 18.3 Å². The van der Waals surface area contributed by atoms with Gasteiger partial charge in [0.15, 0.2) is 0 Å². The van der Waals surface area contributed by atoms with Crippen LogP contribution in [0.25, 0.3) is 0 Å². The third kappa shape index (κ3) is 3.54. The van der Waals surface area contributed by atoms with Crippen molar-refractivity contribution in [1.29, 1.82) is 0 Å². The lowest BCUT2D eigenvalue weighted by molar-refractivity contribution is 0.351. The van der Waals surface area contributed by atoms with E-state index in [-0.39, 0.29) is 6.04 Å². The van der Waals surface area contributed by atoms with Gasteiger partial charge >= 0.3 is 0 Å². The Bertz CT molecular complexity index is 414. The van der Waals surface area contributed by atoms with Crippen LogP contribution in [0.4, 0.5) is 5.69 Å². The van der Waals surface area contributed by atoms with Crippen LogP contribution in [-0.2, 0) is 0 Å². The number of nitrogens with zero attached hydrogens (tertiary/aromatic N) is 1.